The van der Waals surface area contributed by atoms with Crippen molar-refractivity contribution in [2.24, 2.45) is 5.92 Å². The number of benzene rings is 2. The highest BCUT2D eigenvalue weighted by Crippen LogP contribution is 2.44. The van der Waals surface area contributed by atoms with E-state index < -0.39 is 30.1 Å². The number of carboxylic acid groups (broad SMARTS) is 1. The third-order valence-electron chi connectivity index (χ3n) is 5.83. The highest BCUT2D eigenvalue weighted by Gasteiger charge is 2.31. The molecule has 0 fully saturated rings. The number of fused-ring (bicyclic) bond motifs is 3. The van der Waals surface area contributed by atoms with Gasteiger partial charge in [-0.25, -0.2) is 4.79 Å². The molecule has 1 aliphatic carbocycles. The first-order valence-electron chi connectivity index (χ1n) is 11.0. The summed E-state index contributed by atoms with van der Waals surface area (Å²) in [6.45, 7) is 5.58. The van der Waals surface area contributed by atoms with Crippen molar-refractivity contribution in [3.63, 3.8) is 0 Å². The summed E-state index contributed by atoms with van der Waals surface area (Å²) in [6, 6.07) is 14.8. The van der Waals surface area contributed by atoms with Gasteiger partial charge in [-0.2, -0.15) is 0 Å². The van der Waals surface area contributed by atoms with Crippen LogP contribution < -0.4 is 10.6 Å². The van der Waals surface area contributed by atoms with Crippen LogP contribution in [0.2, 0.25) is 0 Å². The minimum Gasteiger partial charge on any atom is -0.481 e. The molecule has 0 saturated heterocycles. The molecule has 0 aliphatic heterocycles. The summed E-state index contributed by atoms with van der Waals surface area (Å²) in [4.78, 5) is 36.2. The van der Waals surface area contributed by atoms with Crippen molar-refractivity contribution in [2.75, 3.05) is 6.61 Å². The van der Waals surface area contributed by atoms with E-state index in [4.69, 9.17) is 9.84 Å². The summed E-state index contributed by atoms with van der Waals surface area (Å²) < 4.78 is 5.54. The first-order chi connectivity index (χ1) is 15.3. The fraction of sp³-hybridized carbons (Fsp3) is 0.400. The maximum Gasteiger partial charge on any atom is 0.407 e. The number of carbonyl (C=O) groups is 3. The third kappa shape index (κ3) is 5.28. The number of amides is 2. The number of carbonyl (C=O) groups excluding carboxylic acids is 2. The number of ether oxygens (including phenoxy) is 1. The maximum atomic E-state index is 12.7. The zero-order chi connectivity index (χ0) is 23.3. The Bertz CT molecular complexity index is 942. The third-order valence-corrected chi connectivity index (χ3v) is 5.83. The Balaban J connectivity index is 1.64. The molecule has 170 valence electrons. The molecule has 0 aromatic heterocycles. The van der Waals surface area contributed by atoms with Crippen molar-refractivity contribution in [2.45, 2.75) is 51.6 Å². The second-order valence-electron chi connectivity index (χ2n) is 8.40. The van der Waals surface area contributed by atoms with Crippen LogP contribution in [-0.2, 0) is 14.3 Å². The molecule has 2 aromatic rings. The van der Waals surface area contributed by atoms with E-state index in [9.17, 15) is 14.4 Å². The zero-order valence-electron chi connectivity index (χ0n) is 18.6. The van der Waals surface area contributed by atoms with Gasteiger partial charge in [-0.05, 0) is 34.6 Å². The van der Waals surface area contributed by atoms with E-state index in [1.165, 1.54) is 0 Å². The molecule has 0 radical (unpaired) electrons. The lowest BCUT2D eigenvalue weighted by atomic mass is 9.98. The van der Waals surface area contributed by atoms with Crippen molar-refractivity contribution in [1.29, 1.82) is 0 Å². The molecule has 7 nitrogen and oxygen atoms in total. The van der Waals surface area contributed by atoms with Crippen LogP contribution in [0, 0.1) is 5.92 Å². The summed E-state index contributed by atoms with van der Waals surface area (Å²) >= 11 is 0. The van der Waals surface area contributed by atoms with E-state index in [1.54, 1.807) is 6.92 Å². The number of nitrogens with one attached hydrogen (secondary N) is 2. The quantitative estimate of drug-likeness (QED) is 0.550. The Morgan fingerprint density at radius 3 is 2.03 bits per heavy atom. The highest BCUT2D eigenvalue weighted by atomic mass is 16.5. The lowest BCUT2D eigenvalue weighted by Gasteiger charge is -2.24. The Morgan fingerprint density at radius 2 is 1.53 bits per heavy atom. The minimum atomic E-state index is -0.984. The zero-order valence-corrected chi connectivity index (χ0v) is 18.6. The molecule has 0 saturated carbocycles. The number of rotatable bonds is 9. The first kappa shape index (κ1) is 23.3. The van der Waals surface area contributed by atoms with E-state index in [-0.39, 0.29) is 24.9 Å². The molecule has 3 N–H and O–H groups in total. The summed E-state index contributed by atoms with van der Waals surface area (Å²) in [7, 11) is 0. The van der Waals surface area contributed by atoms with Crippen LogP contribution in [0.1, 0.15) is 50.7 Å². The maximum absolute atomic E-state index is 12.7. The van der Waals surface area contributed by atoms with Gasteiger partial charge in [0, 0.05) is 12.0 Å². The van der Waals surface area contributed by atoms with Gasteiger partial charge < -0.3 is 20.5 Å². The van der Waals surface area contributed by atoms with Gasteiger partial charge in [-0.1, -0.05) is 69.3 Å². The monoisotopic (exact) mass is 438 g/mol. The van der Waals surface area contributed by atoms with Crippen molar-refractivity contribution >= 4 is 18.0 Å². The SMILES string of the molecule is CC[C@H](CC(=O)O)NC(=O)C(NC(=O)OCC1c2ccccc2-c2ccccc21)C(C)C. The number of carboxylic acids is 1. The van der Waals surface area contributed by atoms with Gasteiger partial charge in [0.05, 0.1) is 6.42 Å². The van der Waals surface area contributed by atoms with Gasteiger partial charge in [0.1, 0.15) is 12.6 Å². The van der Waals surface area contributed by atoms with Gasteiger partial charge in [0.2, 0.25) is 5.91 Å². The van der Waals surface area contributed by atoms with Crippen molar-refractivity contribution in [3.05, 3.63) is 59.7 Å². The summed E-state index contributed by atoms with van der Waals surface area (Å²) in [5.74, 6) is -1.67. The predicted octanol–water partition coefficient (Wildman–Crippen LogP) is 3.92. The number of hydrogen-bond acceptors (Lipinski definition) is 4. The van der Waals surface area contributed by atoms with Crippen LogP contribution in [0.3, 0.4) is 0 Å². The topological polar surface area (TPSA) is 105 Å². The van der Waals surface area contributed by atoms with E-state index >= 15 is 0 Å². The predicted molar refractivity (Wildman–Crippen MR) is 121 cm³/mol. The highest BCUT2D eigenvalue weighted by molar-refractivity contribution is 5.86. The van der Waals surface area contributed by atoms with Gasteiger partial charge >= 0.3 is 12.1 Å². The van der Waals surface area contributed by atoms with Crippen LogP contribution in [0.25, 0.3) is 11.1 Å². The van der Waals surface area contributed by atoms with Crippen LogP contribution in [-0.4, -0.2) is 41.8 Å². The Labute approximate surface area is 188 Å². The first-order valence-corrected chi connectivity index (χ1v) is 11.0. The molecular weight excluding hydrogens is 408 g/mol. The van der Waals surface area contributed by atoms with Crippen LogP contribution in [0.15, 0.2) is 48.5 Å². The lowest BCUT2D eigenvalue weighted by molar-refractivity contribution is -0.137. The summed E-state index contributed by atoms with van der Waals surface area (Å²) in [5, 5.41) is 14.4. The van der Waals surface area contributed by atoms with Crippen LogP contribution >= 0.6 is 0 Å². The molecule has 32 heavy (non-hydrogen) atoms. The standard InChI is InChI=1S/C25H30N2O5/c1-4-16(13-22(28)29)26-24(30)23(15(2)3)27-25(31)32-14-21-19-11-7-5-9-17(19)18-10-6-8-12-20(18)21/h5-12,15-16,21,23H,4,13-14H2,1-3H3,(H,26,30)(H,27,31)(H,28,29)/t16-,23?/m1/s1. The average Bonchev–Trinajstić information content (AvgIpc) is 3.08. The second-order valence-corrected chi connectivity index (χ2v) is 8.40. The Morgan fingerprint density at radius 1 is 0.969 bits per heavy atom. The fourth-order valence-corrected chi connectivity index (χ4v) is 4.10. The van der Waals surface area contributed by atoms with Gasteiger partial charge in [0.25, 0.3) is 0 Å². The fourth-order valence-electron chi connectivity index (χ4n) is 4.10. The van der Waals surface area contributed by atoms with Gasteiger partial charge in [0.15, 0.2) is 0 Å². The Hall–Kier alpha value is -3.35. The van der Waals surface area contributed by atoms with E-state index in [0.29, 0.717) is 6.42 Å². The molecule has 7 heteroatoms. The average molecular weight is 439 g/mol. The molecule has 0 spiro atoms. The number of aliphatic carboxylic acids is 1. The summed E-state index contributed by atoms with van der Waals surface area (Å²) in [6.07, 6.45) is -0.363. The minimum absolute atomic E-state index is 0.0699. The van der Waals surface area contributed by atoms with E-state index in [2.05, 4.69) is 22.8 Å². The number of hydrogen-bond donors (Lipinski definition) is 3. The molecule has 2 atom stereocenters. The van der Waals surface area contributed by atoms with Crippen molar-refractivity contribution in [1.82, 2.24) is 10.6 Å². The molecule has 1 unspecified atom stereocenters. The second kappa shape index (κ2) is 10.3. The molecule has 2 amide bonds. The largest absolute Gasteiger partial charge is 0.481 e. The molecule has 3 rings (SSSR count). The molecule has 2 aromatic carbocycles. The van der Waals surface area contributed by atoms with Gasteiger partial charge in [-0.15, -0.1) is 0 Å². The van der Waals surface area contributed by atoms with Crippen molar-refractivity contribution in [3.8, 4) is 11.1 Å². The van der Waals surface area contributed by atoms with E-state index in [1.807, 2.05) is 50.2 Å². The molecule has 1 aliphatic rings. The smallest absolute Gasteiger partial charge is 0.407 e. The van der Waals surface area contributed by atoms with Crippen LogP contribution in [0.4, 0.5) is 4.79 Å². The Kier molecular flexibility index (Phi) is 7.51. The van der Waals surface area contributed by atoms with E-state index in [0.717, 1.165) is 22.3 Å². The molecule has 0 bridgehead atoms. The van der Waals surface area contributed by atoms with Gasteiger partial charge in [-0.3, -0.25) is 9.59 Å². The lowest BCUT2D eigenvalue weighted by Crippen LogP contribution is -2.52. The normalized spacial score (nSPS) is 14.2. The summed E-state index contributed by atoms with van der Waals surface area (Å²) in [5.41, 5.74) is 4.50. The van der Waals surface area contributed by atoms with Crippen LogP contribution in [0.5, 0.6) is 0 Å². The molecular formula is C25H30N2O5. The molecule has 0 heterocycles. The number of alkyl carbamates (subject to hydrolysis) is 1. The van der Waals surface area contributed by atoms with Crippen molar-refractivity contribution < 1.29 is 24.2 Å².